The second-order valence-corrected chi connectivity index (χ2v) is 9.40. The Hall–Kier alpha value is -2.65. The van der Waals surface area contributed by atoms with E-state index in [-0.39, 0.29) is 5.82 Å². The fourth-order valence-electron chi connectivity index (χ4n) is 4.82. The average molecular weight is 424 g/mol. The molecule has 0 spiro atoms. The van der Waals surface area contributed by atoms with Gasteiger partial charge >= 0.3 is 0 Å². The third-order valence-electron chi connectivity index (χ3n) is 6.32. The minimum Gasteiger partial charge on any atom is -0.348 e. The second kappa shape index (κ2) is 6.68. The first kappa shape index (κ1) is 18.1. The molecule has 9 heteroatoms. The molecule has 1 unspecified atom stereocenters. The monoisotopic (exact) mass is 423 g/mol. The van der Waals surface area contributed by atoms with E-state index >= 15 is 0 Å². The molecule has 2 saturated heterocycles. The molecule has 0 aliphatic carbocycles. The topological polar surface area (TPSA) is 71.2 Å². The number of hydrogen-bond donors (Lipinski definition) is 1. The number of aryl methyl sites for hydroxylation is 1. The van der Waals surface area contributed by atoms with Gasteiger partial charge in [-0.2, -0.15) is 0 Å². The van der Waals surface area contributed by atoms with E-state index in [1.807, 2.05) is 13.1 Å². The molecule has 7 nitrogen and oxygen atoms in total. The molecule has 2 bridgehead atoms. The first-order valence-corrected chi connectivity index (χ1v) is 11.1. The van der Waals surface area contributed by atoms with Crippen LogP contribution in [0.25, 0.3) is 27.4 Å². The fraction of sp³-hybridized carbons (Fsp3) is 0.429. The van der Waals surface area contributed by atoms with E-state index in [1.54, 1.807) is 28.1 Å². The minimum atomic E-state index is -0.380. The van der Waals surface area contributed by atoms with E-state index in [2.05, 4.69) is 27.2 Å². The van der Waals surface area contributed by atoms with Gasteiger partial charge in [0.1, 0.15) is 10.3 Å². The molecule has 0 aromatic carbocycles. The van der Waals surface area contributed by atoms with Gasteiger partial charge in [-0.05, 0) is 38.7 Å². The third-order valence-corrected chi connectivity index (χ3v) is 7.38. The lowest BCUT2D eigenvalue weighted by Gasteiger charge is -2.35. The Morgan fingerprint density at radius 3 is 2.77 bits per heavy atom. The highest BCUT2D eigenvalue weighted by Gasteiger charge is 2.35. The van der Waals surface area contributed by atoms with E-state index in [0.29, 0.717) is 35.2 Å². The molecule has 2 fully saturated rings. The lowest BCUT2D eigenvalue weighted by atomic mass is 9.99. The summed E-state index contributed by atoms with van der Waals surface area (Å²) in [5, 5.41) is 4.66. The first-order chi connectivity index (χ1) is 14.5. The summed E-state index contributed by atoms with van der Waals surface area (Å²) in [6.45, 7) is 1.85. The van der Waals surface area contributed by atoms with Gasteiger partial charge in [-0.3, -0.25) is 0 Å². The zero-order chi connectivity index (χ0) is 20.4. The van der Waals surface area contributed by atoms with Gasteiger partial charge in [0, 0.05) is 43.1 Å². The number of thiazole rings is 1. The van der Waals surface area contributed by atoms with Crippen LogP contribution in [0.3, 0.4) is 0 Å². The number of anilines is 1. The quantitative estimate of drug-likeness (QED) is 0.543. The van der Waals surface area contributed by atoms with Crippen LogP contribution in [0.4, 0.5) is 9.52 Å². The van der Waals surface area contributed by atoms with Crippen LogP contribution in [0, 0.1) is 12.7 Å². The Bertz CT molecular complexity index is 1250. The number of fused-ring (bicyclic) bond motifs is 4. The van der Waals surface area contributed by atoms with Crippen molar-refractivity contribution in [1.29, 1.82) is 0 Å². The fourth-order valence-corrected chi connectivity index (χ4v) is 5.76. The van der Waals surface area contributed by atoms with Gasteiger partial charge in [0.05, 0.1) is 11.9 Å². The Morgan fingerprint density at radius 1 is 1.17 bits per heavy atom. The van der Waals surface area contributed by atoms with Crippen molar-refractivity contribution in [1.82, 2.24) is 29.7 Å². The van der Waals surface area contributed by atoms with Crippen molar-refractivity contribution >= 4 is 32.5 Å². The molecule has 2 aliphatic heterocycles. The summed E-state index contributed by atoms with van der Waals surface area (Å²) in [5.41, 5.74) is 2.49. The van der Waals surface area contributed by atoms with Gasteiger partial charge in [0.15, 0.2) is 22.4 Å². The van der Waals surface area contributed by atoms with Gasteiger partial charge in [0.2, 0.25) is 0 Å². The lowest BCUT2D eigenvalue weighted by molar-refractivity contribution is 0.354. The largest absolute Gasteiger partial charge is 0.348 e. The molecule has 0 saturated carbocycles. The van der Waals surface area contributed by atoms with Crippen molar-refractivity contribution in [3.63, 3.8) is 0 Å². The van der Waals surface area contributed by atoms with E-state index in [1.165, 1.54) is 18.9 Å². The smallest absolute Gasteiger partial charge is 0.187 e. The van der Waals surface area contributed by atoms with Gasteiger partial charge in [-0.1, -0.05) is 11.3 Å². The van der Waals surface area contributed by atoms with Crippen molar-refractivity contribution in [3.8, 4) is 11.4 Å². The lowest BCUT2D eigenvalue weighted by Crippen LogP contribution is -2.47. The van der Waals surface area contributed by atoms with Crippen LogP contribution in [-0.4, -0.2) is 49.5 Å². The van der Waals surface area contributed by atoms with E-state index in [4.69, 9.17) is 9.97 Å². The molecule has 1 N–H and O–H groups in total. The highest BCUT2D eigenvalue weighted by atomic mass is 32.1. The Morgan fingerprint density at radius 2 is 1.97 bits per heavy atom. The standard InChI is InChI=1S/C21H22FN7S/c1-11-9-29-10-12(5-16(22)19(29)24-11)18-23-8-17-20(27-18)30-21(26-17)28(2)15-6-13-3-4-14(7-15)25-13/h5,8-10,13-15,25H,3-4,6-7H2,1-2H3/t13-,14+,15?. The Labute approximate surface area is 177 Å². The van der Waals surface area contributed by atoms with Crippen molar-refractivity contribution in [3.05, 3.63) is 36.2 Å². The van der Waals surface area contributed by atoms with Crippen LogP contribution in [0.1, 0.15) is 31.4 Å². The van der Waals surface area contributed by atoms with E-state index < -0.39 is 0 Å². The number of hydrogen-bond acceptors (Lipinski definition) is 7. The molecule has 3 atom stereocenters. The number of imidazole rings is 1. The maximum absolute atomic E-state index is 14.5. The molecule has 30 heavy (non-hydrogen) atoms. The molecule has 0 radical (unpaired) electrons. The summed E-state index contributed by atoms with van der Waals surface area (Å²) in [5.74, 6) is 0.113. The molecule has 4 aromatic heterocycles. The molecular weight excluding hydrogens is 401 g/mol. The molecule has 6 heterocycles. The Balaban J connectivity index is 1.33. The van der Waals surface area contributed by atoms with Crippen LogP contribution in [0.15, 0.2) is 24.7 Å². The summed E-state index contributed by atoms with van der Waals surface area (Å²) in [7, 11) is 2.13. The predicted octanol–water partition coefficient (Wildman–Crippen LogP) is 3.57. The predicted molar refractivity (Wildman–Crippen MR) is 115 cm³/mol. The van der Waals surface area contributed by atoms with Crippen LogP contribution in [0.2, 0.25) is 0 Å². The molecular formula is C21H22FN7S. The number of rotatable bonds is 3. The summed E-state index contributed by atoms with van der Waals surface area (Å²) >= 11 is 1.57. The molecule has 4 aromatic rings. The highest BCUT2D eigenvalue weighted by molar-refractivity contribution is 7.21. The molecule has 6 rings (SSSR count). The Kier molecular flexibility index (Phi) is 4.04. The normalized spacial score (nSPS) is 23.5. The van der Waals surface area contributed by atoms with E-state index in [9.17, 15) is 4.39 Å². The highest BCUT2D eigenvalue weighted by Crippen LogP contribution is 2.34. The summed E-state index contributed by atoms with van der Waals surface area (Å²) in [6.07, 6.45) is 10.2. The zero-order valence-electron chi connectivity index (χ0n) is 16.8. The van der Waals surface area contributed by atoms with Crippen molar-refractivity contribution < 1.29 is 4.39 Å². The number of nitrogens with one attached hydrogen (secondary N) is 1. The maximum atomic E-state index is 14.5. The number of nitrogens with zero attached hydrogens (tertiary/aromatic N) is 6. The van der Waals surface area contributed by atoms with Gasteiger partial charge in [-0.15, -0.1) is 0 Å². The van der Waals surface area contributed by atoms with Crippen molar-refractivity contribution in [2.75, 3.05) is 11.9 Å². The van der Waals surface area contributed by atoms with Crippen LogP contribution >= 0.6 is 11.3 Å². The van der Waals surface area contributed by atoms with E-state index in [0.717, 1.165) is 34.0 Å². The summed E-state index contributed by atoms with van der Waals surface area (Å²) < 4.78 is 16.2. The average Bonchev–Trinajstić information content (AvgIpc) is 3.42. The zero-order valence-corrected chi connectivity index (χ0v) is 17.7. The second-order valence-electron chi connectivity index (χ2n) is 8.44. The summed E-state index contributed by atoms with van der Waals surface area (Å²) in [4.78, 5) is 21.3. The van der Waals surface area contributed by atoms with Crippen LogP contribution in [0.5, 0.6) is 0 Å². The number of piperidine rings is 1. The number of pyridine rings is 1. The SMILES string of the molecule is Cc1cn2cc(-c3ncc4nc(N(C)C5C[C@H]6CC[C@@H](C5)N6)sc4n3)cc(F)c2n1. The first-order valence-electron chi connectivity index (χ1n) is 10.3. The van der Waals surface area contributed by atoms with Crippen molar-refractivity contribution in [2.45, 2.75) is 50.7 Å². The molecule has 0 amide bonds. The minimum absolute atomic E-state index is 0.315. The van der Waals surface area contributed by atoms with Gasteiger partial charge in [0.25, 0.3) is 0 Å². The maximum Gasteiger partial charge on any atom is 0.187 e. The van der Waals surface area contributed by atoms with Crippen molar-refractivity contribution in [2.24, 2.45) is 0 Å². The number of aromatic nitrogens is 5. The van der Waals surface area contributed by atoms with Gasteiger partial charge < -0.3 is 14.6 Å². The molecule has 154 valence electrons. The summed E-state index contributed by atoms with van der Waals surface area (Å²) in [6, 6.07) is 3.21. The number of halogens is 1. The van der Waals surface area contributed by atoms with Gasteiger partial charge in [-0.25, -0.2) is 24.3 Å². The van der Waals surface area contributed by atoms with Crippen LogP contribution in [-0.2, 0) is 0 Å². The third kappa shape index (κ3) is 2.95. The molecule has 2 aliphatic rings. The van der Waals surface area contributed by atoms with Crippen LogP contribution < -0.4 is 10.2 Å².